The fourth-order valence-electron chi connectivity index (χ4n) is 6.31. The second-order valence-corrected chi connectivity index (χ2v) is 10.1. The number of esters is 1. The third kappa shape index (κ3) is 3.33. The average Bonchev–Trinajstić information content (AvgIpc) is 3.57. The zero-order valence-corrected chi connectivity index (χ0v) is 19.1. The maximum absolute atomic E-state index is 13.1. The summed E-state index contributed by atoms with van der Waals surface area (Å²) in [4.78, 5) is 54.4. The third-order valence-corrected chi connectivity index (χ3v) is 8.04. The highest BCUT2D eigenvalue weighted by Crippen LogP contribution is 2.56. The van der Waals surface area contributed by atoms with Crippen LogP contribution in [0.15, 0.2) is 48.5 Å². The van der Waals surface area contributed by atoms with Crippen LogP contribution in [0.1, 0.15) is 25.7 Å². The van der Waals surface area contributed by atoms with Crippen molar-refractivity contribution in [3.63, 3.8) is 0 Å². The number of carbonyl (C=O) groups excluding carboxylic acids is 4. The molecule has 2 aliphatic carbocycles. The van der Waals surface area contributed by atoms with Gasteiger partial charge in [-0.05, 0) is 61.4 Å². The molecule has 6 rings (SSSR count). The van der Waals surface area contributed by atoms with Crippen molar-refractivity contribution < 1.29 is 23.9 Å². The molecular formula is C26H23ClN2O5. The minimum Gasteiger partial charge on any atom is -0.426 e. The SMILES string of the molecule is O=C(Oc1cccc(N2C(=O)[C@@H]3[C@H]4CC[C@@H](C4)[C@@H]3C2=O)c1)[C@@H]1CC(=O)N(c2cccc(Cl)c2)C1. The summed E-state index contributed by atoms with van der Waals surface area (Å²) in [7, 11) is 0. The normalized spacial score (nSPS) is 29.8. The number of ether oxygens (including phenoxy) is 1. The van der Waals surface area contributed by atoms with E-state index in [1.165, 1.54) is 9.80 Å². The van der Waals surface area contributed by atoms with Crippen LogP contribution in [0.25, 0.3) is 0 Å². The van der Waals surface area contributed by atoms with Gasteiger partial charge in [-0.25, -0.2) is 4.90 Å². The minimum atomic E-state index is -0.625. The number of fused-ring (bicyclic) bond motifs is 5. The first kappa shape index (κ1) is 21.4. The lowest BCUT2D eigenvalue weighted by Gasteiger charge is -2.19. The maximum atomic E-state index is 13.1. The van der Waals surface area contributed by atoms with E-state index < -0.39 is 11.9 Å². The quantitative estimate of drug-likeness (QED) is 0.379. The molecular weight excluding hydrogens is 456 g/mol. The Morgan fingerprint density at radius 2 is 1.59 bits per heavy atom. The Labute approximate surface area is 201 Å². The maximum Gasteiger partial charge on any atom is 0.316 e. The molecule has 174 valence electrons. The Morgan fingerprint density at radius 1 is 0.912 bits per heavy atom. The lowest BCUT2D eigenvalue weighted by Crippen LogP contribution is -2.32. The fourth-order valence-corrected chi connectivity index (χ4v) is 6.49. The predicted molar refractivity (Wildman–Crippen MR) is 124 cm³/mol. The molecule has 34 heavy (non-hydrogen) atoms. The number of benzene rings is 2. The van der Waals surface area contributed by atoms with E-state index in [-0.39, 0.29) is 48.3 Å². The van der Waals surface area contributed by atoms with Crippen LogP contribution in [0.2, 0.25) is 5.02 Å². The van der Waals surface area contributed by atoms with E-state index >= 15 is 0 Å². The van der Waals surface area contributed by atoms with E-state index in [4.69, 9.17) is 16.3 Å². The molecule has 8 heteroatoms. The van der Waals surface area contributed by atoms with E-state index in [1.54, 1.807) is 48.5 Å². The van der Waals surface area contributed by atoms with E-state index in [1.807, 2.05) is 0 Å². The number of hydrogen-bond acceptors (Lipinski definition) is 5. The first-order valence-corrected chi connectivity index (χ1v) is 12.0. The summed E-state index contributed by atoms with van der Waals surface area (Å²) >= 11 is 6.04. The summed E-state index contributed by atoms with van der Waals surface area (Å²) in [6.45, 7) is 0.201. The summed E-state index contributed by atoms with van der Waals surface area (Å²) in [5.41, 5.74) is 1.07. The van der Waals surface area contributed by atoms with Gasteiger partial charge < -0.3 is 9.64 Å². The van der Waals surface area contributed by atoms with Gasteiger partial charge in [0.05, 0.1) is 23.4 Å². The van der Waals surface area contributed by atoms with E-state index in [0.717, 1.165) is 19.3 Å². The largest absolute Gasteiger partial charge is 0.426 e. The van der Waals surface area contributed by atoms with Crippen LogP contribution < -0.4 is 14.5 Å². The minimum absolute atomic E-state index is 0.0419. The van der Waals surface area contributed by atoms with Crippen LogP contribution in [-0.4, -0.2) is 30.2 Å². The fraction of sp³-hybridized carbons (Fsp3) is 0.385. The smallest absolute Gasteiger partial charge is 0.316 e. The van der Waals surface area contributed by atoms with Crippen LogP contribution in [0.3, 0.4) is 0 Å². The molecule has 2 aromatic carbocycles. The van der Waals surface area contributed by atoms with Gasteiger partial charge in [0.25, 0.3) is 0 Å². The van der Waals surface area contributed by atoms with Gasteiger partial charge in [0.2, 0.25) is 17.7 Å². The molecule has 0 spiro atoms. The zero-order chi connectivity index (χ0) is 23.6. The third-order valence-electron chi connectivity index (χ3n) is 7.80. The average molecular weight is 479 g/mol. The topological polar surface area (TPSA) is 84.0 Å². The van der Waals surface area contributed by atoms with Gasteiger partial charge in [0.1, 0.15) is 5.75 Å². The Bertz CT molecular complexity index is 1200. The highest BCUT2D eigenvalue weighted by molar-refractivity contribution is 6.31. The number of nitrogens with zero attached hydrogens (tertiary/aromatic N) is 2. The van der Waals surface area contributed by atoms with Gasteiger partial charge in [-0.3, -0.25) is 19.2 Å². The molecule has 0 N–H and O–H groups in total. The Balaban J connectivity index is 1.17. The van der Waals surface area contributed by atoms with Gasteiger partial charge in [-0.1, -0.05) is 23.7 Å². The number of amides is 3. The highest BCUT2D eigenvalue weighted by atomic mass is 35.5. The van der Waals surface area contributed by atoms with Crippen molar-refractivity contribution >= 4 is 46.7 Å². The molecule has 2 bridgehead atoms. The molecule has 3 amide bonds. The van der Waals surface area contributed by atoms with Crippen LogP contribution in [-0.2, 0) is 19.2 Å². The van der Waals surface area contributed by atoms with Crippen molar-refractivity contribution in [1.82, 2.24) is 0 Å². The number of rotatable bonds is 4. The van der Waals surface area contributed by atoms with Crippen molar-refractivity contribution in [3.05, 3.63) is 53.6 Å². The standard InChI is InChI=1S/C26H23ClN2O5/c27-17-3-1-4-18(11-17)28-13-16(10-21(28)30)26(33)34-20-6-2-5-19(12-20)29-24(31)22-14-7-8-15(9-14)23(22)25(29)32/h1-6,11-12,14-16,22-23H,7-10,13H2/t14-,15-,16+,22-,23+/m0/s1. The van der Waals surface area contributed by atoms with Gasteiger partial charge in [-0.2, -0.15) is 0 Å². The lowest BCUT2D eigenvalue weighted by molar-refractivity contribution is -0.139. The van der Waals surface area contributed by atoms with Crippen molar-refractivity contribution in [1.29, 1.82) is 0 Å². The second kappa shape index (κ2) is 7.94. The molecule has 4 aliphatic rings. The molecule has 4 fully saturated rings. The lowest BCUT2D eigenvalue weighted by atomic mass is 9.81. The molecule has 2 aliphatic heterocycles. The number of imide groups is 1. The van der Waals surface area contributed by atoms with Crippen LogP contribution in [0, 0.1) is 29.6 Å². The van der Waals surface area contributed by atoms with Crippen molar-refractivity contribution in [2.45, 2.75) is 25.7 Å². The van der Waals surface area contributed by atoms with Crippen molar-refractivity contribution in [2.75, 3.05) is 16.3 Å². The summed E-state index contributed by atoms with van der Waals surface area (Å²) in [6, 6.07) is 13.5. The van der Waals surface area contributed by atoms with Gasteiger partial charge in [0, 0.05) is 29.7 Å². The summed E-state index contributed by atoms with van der Waals surface area (Å²) in [5, 5.41) is 0.510. The van der Waals surface area contributed by atoms with Gasteiger partial charge in [0.15, 0.2) is 0 Å². The highest BCUT2D eigenvalue weighted by Gasteiger charge is 2.61. The first-order valence-electron chi connectivity index (χ1n) is 11.7. The number of halogens is 1. The van der Waals surface area contributed by atoms with Crippen molar-refractivity contribution in [3.8, 4) is 5.75 Å². The molecule has 5 atom stereocenters. The molecule has 7 nitrogen and oxygen atoms in total. The Kier molecular flexibility index (Phi) is 4.99. The first-order chi connectivity index (χ1) is 16.4. The molecule has 2 heterocycles. The molecule has 2 saturated heterocycles. The van der Waals surface area contributed by atoms with Crippen LogP contribution >= 0.6 is 11.6 Å². The van der Waals surface area contributed by atoms with Crippen LogP contribution in [0.5, 0.6) is 5.75 Å². The zero-order valence-electron chi connectivity index (χ0n) is 18.4. The summed E-state index contributed by atoms with van der Waals surface area (Å²) < 4.78 is 5.58. The Morgan fingerprint density at radius 3 is 2.29 bits per heavy atom. The van der Waals surface area contributed by atoms with Gasteiger partial charge in [-0.15, -0.1) is 0 Å². The monoisotopic (exact) mass is 478 g/mol. The van der Waals surface area contributed by atoms with E-state index in [9.17, 15) is 19.2 Å². The number of carbonyl (C=O) groups is 4. The summed E-state index contributed by atoms with van der Waals surface area (Å²) in [6.07, 6.45) is 3.05. The predicted octanol–water partition coefficient (Wildman–Crippen LogP) is 3.83. The number of anilines is 2. The second-order valence-electron chi connectivity index (χ2n) is 9.70. The van der Waals surface area contributed by atoms with E-state index in [0.29, 0.717) is 28.2 Å². The Hall–Kier alpha value is -3.19. The molecule has 0 aromatic heterocycles. The number of hydrogen-bond donors (Lipinski definition) is 0. The van der Waals surface area contributed by atoms with Crippen LogP contribution in [0.4, 0.5) is 11.4 Å². The summed E-state index contributed by atoms with van der Waals surface area (Å²) in [5.74, 6) is -1.15. The van der Waals surface area contributed by atoms with E-state index in [2.05, 4.69) is 0 Å². The molecule has 2 saturated carbocycles. The molecule has 0 radical (unpaired) electrons. The van der Waals surface area contributed by atoms with Crippen molar-refractivity contribution in [2.24, 2.45) is 29.6 Å². The van der Waals surface area contributed by atoms with Gasteiger partial charge >= 0.3 is 5.97 Å². The molecule has 0 unspecified atom stereocenters. The molecule has 2 aromatic rings.